The van der Waals surface area contributed by atoms with Gasteiger partial charge in [-0.2, -0.15) is 0 Å². The standard InChI is InChI=1S/C52H50N4O4S2/c1-5-9-13-29-23-35-39-19-17-30-15-16-31-18-20-40(54-44(31)43(30)53-39)36-27-34(61-21-11-7-3)28-38(48(36)58)52-56-46-42-33(26-41(50(46)60-52)62-22-12-8-4)25-32(14-10-6-2)49-45(42)55-51(59-49)37(24-29)47(35)57/h15-20,23-28,57-58H,5-14,21-22H2,1-4H3. The molecular formula is C52H50N4O4S2. The molecule has 10 heteroatoms. The minimum absolute atomic E-state index is 0.0517. The first-order valence-corrected chi connectivity index (χ1v) is 24.2. The number of hydrogen-bond donors (Lipinski definition) is 2. The Morgan fingerprint density at radius 2 is 1.03 bits per heavy atom. The van der Waals surface area contributed by atoms with Crippen molar-refractivity contribution < 1.29 is 19.0 Å². The Morgan fingerprint density at radius 3 is 1.69 bits per heavy atom. The molecule has 0 atom stereocenters. The van der Waals surface area contributed by atoms with E-state index in [-0.39, 0.29) is 11.5 Å². The molecule has 5 heterocycles. The summed E-state index contributed by atoms with van der Waals surface area (Å²) in [4.78, 5) is 23.1. The number of unbranched alkanes of at least 4 members (excludes halogenated alkanes) is 4. The summed E-state index contributed by atoms with van der Waals surface area (Å²) in [5.74, 6) is 1.97. The second-order valence-corrected chi connectivity index (χ2v) is 18.8. The normalized spacial score (nSPS) is 12.3. The fourth-order valence-electron chi connectivity index (χ4n) is 8.64. The number of hydrogen-bond acceptors (Lipinski definition) is 10. The summed E-state index contributed by atoms with van der Waals surface area (Å²) in [6, 6.07) is 24.7. The maximum Gasteiger partial charge on any atom is 0.231 e. The highest BCUT2D eigenvalue weighted by Crippen LogP contribution is 2.44. The van der Waals surface area contributed by atoms with Gasteiger partial charge in [-0.25, -0.2) is 19.9 Å². The number of phenols is 2. The van der Waals surface area contributed by atoms with Gasteiger partial charge >= 0.3 is 0 Å². The first-order valence-electron chi connectivity index (χ1n) is 22.3. The fourth-order valence-corrected chi connectivity index (χ4v) is 10.8. The van der Waals surface area contributed by atoms with Crippen molar-refractivity contribution in [2.75, 3.05) is 11.5 Å². The largest absolute Gasteiger partial charge is 0.506 e. The van der Waals surface area contributed by atoms with Crippen LogP contribution in [0.15, 0.2) is 91.4 Å². The van der Waals surface area contributed by atoms with Crippen LogP contribution in [0.4, 0.5) is 0 Å². The maximum atomic E-state index is 12.4. The number of aromatic hydroxyl groups is 2. The first kappa shape index (κ1) is 40.5. The predicted molar refractivity (Wildman–Crippen MR) is 260 cm³/mol. The Balaban J connectivity index is 1.44. The summed E-state index contributed by atoms with van der Waals surface area (Å²) >= 11 is 3.53. The zero-order chi connectivity index (χ0) is 42.5. The summed E-state index contributed by atoms with van der Waals surface area (Å²) in [7, 11) is 0. The second kappa shape index (κ2) is 16.9. The molecular weight excluding hydrogens is 809 g/mol. The summed E-state index contributed by atoms with van der Waals surface area (Å²) < 4.78 is 13.8. The molecule has 0 spiro atoms. The van der Waals surface area contributed by atoms with Crippen molar-refractivity contribution >= 4 is 122 Å². The topological polar surface area (TPSA) is 118 Å². The molecule has 0 aliphatic carbocycles. The molecule has 8 nitrogen and oxygen atoms in total. The van der Waals surface area contributed by atoms with Crippen LogP contribution in [0.25, 0.3) is 98.8 Å². The number of phenolic OH excluding ortho intramolecular Hbond substituents is 2. The number of fused-ring (bicyclic) bond motifs is 12. The van der Waals surface area contributed by atoms with Crippen molar-refractivity contribution in [3.8, 4) is 11.5 Å². The lowest BCUT2D eigenvalue weighted by molar-refractivity contribution is 0.486. The number of aromatic nitrogens is 4. The number of thioether (sulfide) groups is 2. The van der Waals surface area contributed by atoms with Crippen LogP contribution >= 0.6 is 23.5 Å². The van der Waals surface area contributed by atoms with Crippen molar-refractivity contribution in [1.29, 1.82) is 0 Å². The van der Waals surface area contributed by atoms with E-state index < -0.39 is 0 Å². The maximum absolute atomic E-state index is 12.4. The van der Waals surface area contributed by atoms with Gasteiger partial charge in [-0.1, -0.05) is 77.6 Å². The molecule has 0 saturated carbocycles. The lowest BCUT2D eigenvalue weighted by Crippen LogP contribution is -1.90. The molecule has 10 rings (SSSR count). The van der Waals surface area contributed by atoms with Gasteiger partial charge in [-0.05, 0) is 115 Å². The van der Waals surface area contributed by atoms with Crippen molar-refractivity contribution in [3.05, 3.63) is 83.9 Å². The summed E-state index contributed by atoms with van der Waals surface area (Å²) in [5.41, 5.74) is 8.14. The van der Waals surface area contributed by atoms with Crippen LogP contribution in [0.1, 0.15) is 90.2 Å². The minimum atomic E-state index is 0.0517. The zero-order valence-electron chi connectivity index (χ0n) is 35.7. The molecule has 5 aromatic carbocycles. The van der Waals surface area contributed by atoms with Gasteiger partial charge in [-0.15, -0.1) is 23.5 Å². The van der Waals surface area contributed by atoms with Crippen LogP contribution in [0, 0.1) is 0 Å². The molecule has 5 aromatic heterocycles. The van der Waals surface area contributed by atoms with Crippen molar-refractivity contribution in [2.24, 2.45) is 0 Å². The fraction of sp³-hybridized carbons (Fsp3) is 0.308. The van der Waals surface area contributed by atoms with Gasteiger partial charge in [0.1, 0.15) is 22.5 Å². The monoisotopic (exact) mass is 858 g/mol. The number of aryl methyl sites for hydroxylation is 2. The van der Waals surface area contributed by atoms with Crippen molar-refractivity contribution in [2.45, 2.75) is 102 Å². The van der Waals surface area contributed by atoms with Gasteiger partial charge in [0.15, 0.2) is 11.2 Å². The van der Waals surface area contributed by atoms with Crippen molar-refractivity contribution in [3.63, 3.8) is 0 Å². The third-order valence-corrected chi connectivity index (χ3v) is 14.2. The predicted octanol–water partition coefficient (Wildman–Crippen LogP) is 15.3. The molecule has 2 N–H and O–H groups in total. The summed E-state index contributed by atoms with van der Waals surface area (Å²) in [5, 5.41) is 30.7. The van der Waals surface area contributed by atoms with Crippen molar-refractivity contribution in [1.82, 2.24) is 19.9 Å². The van der Waals surface area contributed by atoms with E-state index in [4.69, 9.17) is 28.8 Å². The van der Waals surface area contributed by atoms with E-state index in [0.717, 1.165) is 118 Å². The molecule has 0 saturated heterocycles. The molecule has 0 unspecified atom stereocenters. The Labute approximate surface area is 368 Å². The molecule has 10 aromatic rings. The van der Waals surface area contributed by atoms with E-state index in [1.165, 1.54) is 0 Å². The average Bonchev–Trinajstić information content (AvgIpc) is 3.94. The zero-order valence-corrected chi connectivity index (χ0v) is 37.4. The molecule has 0 amide bonds. The lowest BCUT2D eigenvalue weighted by Gasteiger charge is -2.08. The minimum Gasteiger partial charge on any atom is -0.506 e. The average molecular weight is 859 g/mol. The highest BCUT2D eigenvalue weighted by Gasteiger charge is 2.23. The Morgan fingerprint density at radius 1 is 0.500 bits per heavy atom. The Bertz CT molecular complexity index is 3410. The molecule has 12 bridgehead atoms. The second-order valence-electron chi connectivity index (χ2n) is 16.5. The van der Waals surface area contributed by atoms with E-state index in [0.29, 0.717) is 77.2 Å². The van der Waals surface area contributed by atoms with Crippen LogP contribution in [-0.2, 0) is 12.8 Å². The van der Waals surface area contributed by atoms with Gasteiger partial charge in [0, 0.05) is 31.8 Å². The van der Waals surface area contributed by atoms with Gasteiger partial charge < -0.3 is 19.0 Å². The molecule has 0 aliphatic rings. The quantitative estimate of drug-likeness (QED) is 0.0621. The number of pyridine rings is 2. The van der Waals surface area contributed by atoms with Crippen LogP contribution in [0.5, 0.6) is 11.5 Å². The molecule has 0 radical (unpaired) electrons. The number of benzene rings is 5. The van der Waals surface area contributed by atoms with Crippen LogP contribution in [0.3, 0.4) is 0 Å². The molecule has 0 aliphatic heterocycles. The van der Waals surface area contributed by atoms with Gasteiger partial charge in [-0.3, -0.25) is 0 Å². The Hall–Kier alpha value is -5.58. The van der Waals surface area contributed by atoms with E-state index in [2.05, 4.69) is 58.0 Å². The molecule has 62 heavy (non-hydrogen) atoms. The van der Waals surface area contributed by atoms with Gasteiger partial charge in [0.25, 0.3) is 0 Å². The van der Waals surface area contributed by atoms with E-state index in [1.54, 1.807) is 23.5 Å². The van der Waals surface area contributed by atoms with E-state index in [1.807, 2.05) is 42.5 Å². The van der Waals surface area contributed by atoms with E-state index >= 15 is 0 Å². The SMILES string of the molecule is CCCCSc1cc2c(O)c(c1)c1nc3c(o1)c(SCCCC)cc1cc(CCCC)c4oc(nc4c13)c1cc(CCCC)cc(c1O)c1ccc3ccc4ccc2nc4c3n1. The van der Waals surface area contributed by atoms with Crippen LogP contribution in [-0.4, -0.2) is 41.7 Å². The first-order chi connectivity index (χ1) is 30.4. The van der Waals surface area contributed by atoms with Crippen LogP contribution < -0.4 is 0 Å². The van der Waals surface area contributed by atoms with E-state index in [9.17, 15) is 10.2 Å². The number of rotatable bonds is 14. The van der Waals surface area contributed by atoms with Crippen LogP contribution in [0.2, 0.25) is 0 Å². The number of oxazole rings is 2. The molecule has 314 valence electrons. The lowest BCUT2D eigenvalue weighted by atomic mass is 10.0. The third-order valence-electron chi connectivity index (χ3n) is 12.1. The smallest absolute Gasteiger partial charge is 0.231 e. The highest BCUT2D eigenvalue weighted by molar-refractivity contribution is 7.99. The van der Waals surface area contributed by atoms with Gasteiger partial charge in [0.2, 0.25) is 11.4 Å². The van der Waals surface area contributed by atoms with Gasteiger partial charge in [0.05, 0.1) is 37.7 Å². The Kier molecular flexibility index (Phi) is 11.1. The molecule has 0 fully saturated rings. The summed E-state index contributed by atoms with van der Waals surface area (Å²) in [6.07, 6.45) is 9.95. The highest BCUT2D eigenvalue weighted by atomic mass is 32.2. The number of nitrogens with zero attached hydrogens (tertiary/aromatic N) is 4. The third kappa shape index (κ3) is 7.15. The summed E-state index contributed by atoms with van der Waals surface area (Å²) in [6.45, 7) is 8.79.